The highest BCUT2D eigenvalue weighted by atomic mass is 19.1. The number of benzene rings is 2. The summed E-state index contributed by atoms with van der Waals surface area (Å²) in [4.78, 5) is 36.9. The van der Waals surface area contributed by atoms with Gasteiger partial charge in [-0.3, -0.25) is 9.59 Å². The van der Waals surface area contributed by atoms with Gasteiger partial charge in [0.05, 0.1) is 6.61 Å². The van der Waals surface area contributed by atoms with Crippen LogP contribution < -0.4 is 0 Å². The van der Waals surface area contributed by atoms with Gasteiger partial charge in [0.2, 0.25) is 5.67 Å². The molecule has 2 atom stereocenters. The van der Waals surface area contributed by atoms with Crippen LogP contribution in [0.5, 0.6) is 0 Å². The van der Waals surface area contributed by atoms with Crippen molar-refractivity contribution in [2.75, 3.05) is 6.61 Å². The highest BCUT2D eigenvalue weighted by molar-refractivity contribution is 6.03. The monoisotopic (exact) mass is 400 g/mol. The quantitative estimate of drug-likeness (QED) is 0.501. The number of carbonyl (C=O) groups is 3. The van der Waals surface area contributed by atoms with Gasteiger partial charge in [-0.25, -0.2) is 9.18 Å². The normalized spacial score (nSPS) is 22.4. The van der Waals surface area contributed by atoms with Crippen LogP contribution >= 0.6 is 0 Å². The molecule has 0 radical (unpaired) electrons. The molecule has 3 rings (SSSR count). The molecule has 0 N–H and O–H groups in total. The summed E-state index contributed by atoms with van der Waals surface area (Å²) in [5, 5.41) is 0. The average molecular weight is 400 g/mol. The highest BCUT2D eigenvalue weighted by Crippen LogP contribution is 2.56. The Balaban J connectivity index is 1.68. The fraction of sp³-hybridized carbons (Fsp3) is 0.318. The minimum atomic E-state index is -2.78. The van der Waals surface area contributed by atoms with Gasteiger partial charge in [-0.05, 0) is 18.1 Å². The van der Waals surface area contributed by atoms with Gasteiger partial charge in [0, 0.05) is 0 Å². The lowest BCUT2D eigenvalue weighted by Gasteiger charge is -2.08. The van der Waals surface area contributed by atoms with Crippen molar-refractivity contribution in [2.24, 2.45) is 11.8 Å². The Bertz CT molecular complexity index is 806. The van der Waals surface area contributed by atoms with Crippen LogP contribution in [-0.4, -0.2) is 30.2 Å². The number of ether oxygens (including phenoxy) is 3. The second-order valence-corrected chi connectivity index (χ2v) is 6.63. The number of rotatable bonds is 8. The zero-order chi connectivity index (χ0) is 20.9. The molecule has 0 amide bonds. The van der Waals surface area contributed by atoms with Crippen molar-refractivity contribution in [2.45, 2.75) is 25.8 Å². The van der Waals surface area contributed by atoms with Crippen LogP contribution in [0.2, 0.25) is 0 Å². The Labute approximate surface area is 167 Å². The van der Waals surface area contributed by atoms with Crippen molar-refractivity contribution < 1.29 is 33.0 Å². The lowest BCUT2D eigenvalue weighted by molar-refractivity contribution is -0.158. The predicted molar refractivity (Wildman–Crippen MR) is 99.9 cm³/mol. The van der Waals surface area contributed by atoms with E-state index >= 15 is 4.39 Å². The first-order valence-electron chi connectivity index (χ1n) is 9.25. The van der Waals surface area contributed by atoms with Gasteiger partial charge < -0.3 is 14.2 Å². The third-order valence-corrected chi connectivity index (χ3v) is 4.67. The molecule has 0 aliphatic heterocycles. The summed E-state index contributed by atoms with van der Waals surface area (Å²) in [5.74, 6) is -6.40. The molecule has 0 unspecified atom stereocenters. The third kappa shape index (κ3) is 4.45. The zero-order valence-electron chi connectivity index (χ0n) is 15.9. The van der Waals surface area contributed by atoms with Gasteiger partial charge in [0.1, 0.15) is 25.0 Å². The largest absolute Gasteiger partial charge is 0.464 e. The lowest BCUT2D eigenvalue weighted by atomic mass is 10.2. The Morgan fingerprint density at radius 1 is 0.793 bits per heavy atom. The van der Waals surface area contributed by atoms with Crippen molar-refractivity contribution in [3.05, 3.63) is 71.8 Å². The molecule has 0 saturated heterocycles. The molecule has 7 heteroatoms. The van der Waals surface area contributed by atoms with Gasteiger partial charge in [-0.1, -0.05) is 60.7 Å². The summed E-state index contributed by atoms with van der Waals surface area (Å²) < 4.78 is 30.3. The standard InChI is InChI=1S/C22H21FO6/c1-2-27-21(26)22(23)17(19(24)28-13-15-9-5-3-6-10-15)18(22)20(25)29-14-16-11-7-4-8-12-16/h3-12,17-18H,2,13-14H2,1H3/t17-,18-/m0/s1. The number of hydrogen-bond donors (Lipinski definition) is 0. The molecule has 2 aromatic carbocycles. The molecule has 0 heterocycles. The molecule has 152 valence electrons. The Kier molecular flexibility index (Phi) is 6.26. The van der Waals surface area contributed by atoms with Crippen LogP contribution in [0.15, 0.2) is 60.7 Å². The topological polar surface area (TPSA) is 78.9 Å². The third-order valence-electron chi connectivity index (χ3n) is 4.67. The highest BCUT2D eigenvalue weighted by Gasteiger charge is 2.80. The SMILES string of the molecule is CCOC(=O)C1(F)[C@H](C(=O)OCc2ccccc2)[C@H]1C(=O)OCc1ccccc1. The molecule has 0 spiro atoms. The van der Waals surface area contributed by atoms with Crippen molar-refractivity contribution >= 4 is 17.9 Å². The van der Waals surface area contributed by atoms with E-state index < -0.39 is 35.4 Å². The first-order chi connectivity index (χ1) is 14.0. The first-order valence-corrected chi connectivity index (χ1v) is 9.25. The van der Waals surface area contributed by atoms with E-state index in [1.54, 1.807) is 60.7 Å². The van der Waals surface area contributed by atoms with E-state index in [0.717, 1.165) is 0 Å². The fourth-order valence-corrected chi connectivity index (χ4v) is 3.11. The molecule has 0 aromatic heterocycles. The van der Waals surface area contributed by atoms with Crippen LogP contribution in [0.25, 0.3) is 0 Å². The average Bonchev–Trinajstić information content (AvgIpc) is 3.39. The van der Waals surface area contributed by atoms with Crippen LogP contribution in [-0.2, 0) is 41.8 Å². The van der Waals surface area contributed by atoms with E-state index in [9.17, 15) is 14.4 Å². The molecule has 6 nitrogen and oxygen atoms in total. The summed E-state index contributed by atoms with van der Waals surface area (Å²) in [5.41, 5.74) is -1.38. The summed E-state index contributed by atoms with van der Waals surface area (Å²) in [7, 11) is 0. The van der Waals surface area contributed by atoms with E-state index in [4.69, 9.17) is 14.2 Å². The molecule has 2 aromatic rings. The van der Waals surface area contributed by atoms with Gasteiger partial charge in [-0.2, -0.15) is 0 Å². The molecule has 1 aliphatic rings. The maximum absolute atomic E-state index is 15.3. The zero-order valence-corrected chi connectivity index (χ0v) is 15.9. The number of esters is 3. The van der Waals surface area contributed by atoms with Gasteiger partial charge >= 0.3 is 17.9 Å². The number of hydrogen-bond acceptors (Lipinski definition) is 6. The van der Waals surface area contributed by atoms with Crippen molar-refractivity contribution in [1.82, 2.24) is 0 Å². The summed E-state index contributed by atoms with van der Waals surface area (Å²) in [6.45, 7) is 1.24. The predicted octanol–water partition coefficient (Wildman–Crippen LogP) is 2.99. The second-order valence-electron chi connectivity index (χ2n) is 6.63. The van der Waals surface area contributed by atoms with Crippen LogP contribution in [0.1, 0.15) is 18.1 Å². The minimum absolute atomic E-state index is 0.0813. The minimum Gasteiger partial charge on any atom is -0.464 e. The second kappa shape index (κ2) is 8.86. The van der Waals surface area contributed by atoms with Crippen molar-refractivity contribution in [3.63, 3.8) is 0 Å². The van der Waals surface area contributed by atoms with Crippen molar-refractivity contribution in [1.29, 1.82) is 0 Å². The maximum Gasteiger partial charge on any atom is 0.345 e. The Morgan fingerprint density at radius 3 is 1.59 bits per heavy atom. The van der Waals surface area contributed by atoms with Gasteiger partial charge in [-0.15, -0.1) is 0 Å². The van der Waals surface area contributed by atoms with E-state index in [-0.39, 0.29) is 19.8 Å². The van der Waals surface area contributed by atoms with Gasteiger partial charge in [0.15, 0.2) is 0 Å². The fourth-order valence-electron chi connectivity index (χ4n) is 3.11. The number of halogens is 1. The Hall–Kier alpha value is -3.22. The Morgan fingerprint density at radius 2 is 1.21 bits per heavy atom. The summed E-state index contributed by atoms with van der Waals surface area (Å²) >= 11 is 0. The molecule has 1 aliphatic carbocycles. The lowest BCUT2D eigenvalue weighted by Crippen LogP contribution is -2.28. The molecular formula is C22H21FO6. The maximum atomic E-state index is 15.3. The van der Waals surface area contributed by atoms with E-state index in [1.165, 1.54) is 6.92 Å². The van der Waals surface area contributed by atoms with E-state index in [1.807, 2.05) is 0 Å². The molecule has 1 saturated carbocycles. The van der Waals surface area contributed by atoms with E-state index in [2.05, 4.69) is 0 Å². The molecule has 29 heavy (non-hydrogen) atoms. The van der Waals surface area contributed by atoms with Crippen molar-refractivity contribution in [3.8, 4) is 0 Å². The van der Waals surface area contributed by atoms with Gasteiger partial charge in [0.25, 0.3) is 0 Å². The van der Waals surface area contributed by atoms with Crippen LogP contribution in [0.3, 0.4) is 0 Å². The summed E-state index contributed by atoms with van der Waals surface area (Å²) in [6, 6.07) is 17.6. The first kappa shape index (κ1) is 20.5. The van der Waals surface area contributed by atoms with Crippen LogP contribution in [0.4, 0.5) is 4.39 Å². The summed E-state index contributed by atoms with van der Waals surface area (Å²) in [6.07, 6.45) is 0. The molecule has 0 bridgehead atoms. The van der Waals surface area contributed by atoms with Crippen LogP contribution in [0, 0.1) is 11.8 Å². The number of alkyl halides is 1. The molecule has 1 fully saturated rings. The molecular weight excluding hydrogens is 379 g/mol. The number of carbonyl (C=O) groups excluding carboxylic acids is 3. The van der Waals surface area contributed by atoms with E-state index in [0.29, 0.717) is 11.1 Å². The smallest absolute Gasteiger partial charge is 0.345 e.